The highest BCUT2D eigenvalue weighted by Crippen LogP contribution is 2.27. The number of carboxylic acid groups (broad SMARTS) is 1. The van der Waals surface area contributed by atoms with Crippen molar-refractivity contribution in [2.75, 3.05) is 11.2 Å². The summed E-state index contributed by atoms with van der Waals surface area (Å²) in [6.07, 6.45) is 1.64. The van der Waals surface area contributed by atoms with Crippen molar-refractivity contribution in [3.8, 4) is 11.1 Å². The number of benzene rings is 2. The Bertz CT molecular complexity index is 955. The Hall–Kier alpha value is -2.90. The largest absolute Gasteiger partial charge is 0.478 e. The molecule has 0 aliphatic carbocycles. The van der Waals surface area contributed by atoms with Gasteiger partial charge in [-0.15, -0.1) is 11.3 Å². The molecule has 0 aliphatic rings. The standard InChI is InChI=1S/C17H13ClN4O2S/c18-14-6-5-10(7-13(14)16(23)24)12-4-2-1-3-11(12)8-20-22-17-21-15(19)9-25-17/h1-9H,19H2,(H,21,22)(H,23,24). The predicted molar refractivity (Wildman–Crippen MR) is 102 cm³/mol. The van der Waals surface area contributed by atoms with Gasteiger partial charge in [0.15, 0.2) is 0 Å². The van der Waals surface area contributed by atoms with Gasteiger partial charge in [-0.05, 0) is 23.3 Å². The van der Waals surface area contributed by atoms with Gasteiger partial charge >= 0.3 is 5.97 Å². The Kier molecular flexibility index (Phi) is 4.97. The minimum atomic E-state index is -1.07. The summed E-state index contributed by atoms with van der Waals surface area (Å²) in [5.41, 5.74) is 10.8. The monoisotopic (exact) mass is 372 g/mol. The quantitative estimate of drug-likeness (QED) is 0.460. The molecule has 0 radical (unpaired) electrons. The third-order valence-electron chi connectivity index (χ3n) is 3.35. The van der Waals surface area contributed by atoms with Crippen LogP contribution in [0.1, 0.15) is 15.9 Å². The molecule has 1 aromatic heterocycles. The number of thiazole rings is 1. The molecule has 3 aromatic rings. The first-order valence-corrected chi connectivity index (χ1v) is 8.42. The molecule has 0 fully saturated rings. The molecule has 6 nitrogen and oxygen atoms in total. The van der Waals surface area contributed by atoms with Crippen molar-refractivity contribution < 1.29 is 9.90 Å². The van der Waals surface area contributed by atoms with Gasteiger partial charge in [-0.2, -0.15) is 5.10 Å². The summed E-state index contributed by atoms with van der Waals surface area (Å²) >= 11 is 7.29. The number of carboxylic acids is 1. The van der Waals surface area contributed by atoms with Crippen LogP contribution in [0.4, 0.5) is 10.9 Å². The van der Waals surface area contributed by atoms with Gasteiger partial charge in [0, 0.05) is 10.9 Å². The van der Waals surface area contributed by atoms with E-state index in [-0.39, 0.29) is 10.6 Å². The zero-order valence-electron chi connectivity index (χ0n) is 12.8. The predicted octanol–water partition coefficient (Wildman–Crippen LogP) is 4.19. The second-order valence-corrected chi connectivity index (χ2v) is 6.30. The molecule has 0 unspecified atom stereocenters. The van der Waals surface area contributed by atoms with Crippen LogP contribution in [-0.4, -0.2) is 22.3 Å². The van der Waals surface area contributed by atoms with Gasteiger partial charge in [0.1, 0.15) is 5.82 Å². The second kappa shape index (κ2) is 7.33. The van der Waals surface area contributed by atoms with Crippen molar-refractivity contribution >= 4 is 46.1 Å². The molecule has 0 amide bonds. The summed E-state index contributed by atoms with van der Waals surface area (Å²) in [5, 5.41) is 15.9. The summed E-state index contributed by atoms with van der Waals surface area (Å²) in [4.78, 5) is 15.3. The molecule has 1 heterocycles. The van der Waals surface area contributed by atoms with E-state index < -0.39 is 5.97 Å². The fourth-order valence-electron chi connectivity index (χ4n) is 2.22. The van der Waals surface area contributed by atoms with E-state index in [0.717, 1.165) is 16.7 Å². The number of anilines is 2. The summed E-state index contributed by atoms with van der Waals surface area (Å²) in [7, 11) is 0. The van der Waals surface area contributed by atoms with Crippen LogP contribution in [0, 0.1) is 0 Å². The van der Waals surface area contributed by atoms with Crippen LogP contribution in [0.15, 0.2) is 52.9 Å². The molecular weight excluding hydrogens is 360 g/mol. The van der Waals surface area contributed by atoms with Gasteiger partial charge in [0.2, 0.25) is 5.13 Å². The lowest BCUT2D eigenvalue weighted by Crippen LogP contribution is -1.98. The van der Waals surface area contributed by atoms with E-state index in [1.807, 2.05) is 24.3 Å². The minimum Gasteiger partial charge on any atom is -0.478 e. The molecule has 0 bridgehead atoms. The highest BCUT2D eigenvalue weighted by molar-refractivity contribution is 7.14. The Morgan fingerprint density at radius 2 is 2.12 bits per heavy atom. The zero-order chi connectivity index (χ0) is 17.8. The maximum atomic E-state index is 11.3. The van der Waals surface area contributed by atoms with Gasteiger partial charge in [0.05, 0.1) is 16.8 Å². The van der Waals surface area contributed by atoms with Crippen molar-refractivity contribution in [2.45, 2.75) is 0 Å². The van der Waals surface area contributed by atoms with Crippen LogP contribution in [0.5, 0.6) is 0 Å². The Balaban J connectivity index is 1.91. The van der Waals surface area contributed by atoms with Crippen LogP contribution in [0.2, 0.25) is 5.02 Å². The Labute approximate surface area is 152 Å². The van der Waals surface area contributed by atoms with E-state index >= 15 is 0 Å². The molecule has 4 N–H and O–H groups in total. The topological polar surface area (TPSA) is 101 Å². The molecule has 126 valence electrons. The molecular formula is C17H13ClN4O2S. The number of hydrogen-bond donors (Lipinski definition) is 3. The summed E-state index contributed by atoms with van der Waals surface area (Å²) in [5.74, 6) is -0.633. The zero-order valence-corrected chi connectivity index (χ0v) is 14.4. The third kappa shape index (κ3) is 3.96. The van der Waals surface area contributed by atoms with Crippen molar-refractivity contribution in [1.82, 2.24) is 4.98 Å². The molecule has 8 heteroatoms. The number of nitrogens with zero attached hydrogens (tertiary/aromatic N) is 2. The average molecular weight is 373 g/mol. The fraction of sp³-hybridized carbons (Fsp3) is 0. The maximum absolute atomic E-state index is 11.3. The summed E-state index contributed by atoms with van der Waals surface area (Å²) in [6.45, 7) is 0. The SMILES string of the molecule is Nc1csc(NN=Cc2ccccc2-c2ccc(Cl)c(C(=O)O)c2)n1. The van der Waals surface area contributed by atoms with Gasteiger partial charge in [0.25, 0.3) is 0 Å². The van der Waals surface area contributed by atoms with Crippen LogP contribution < -0.4 is 11.2 Å². The van der Waals surface area contributed by atoms with Crippen molar-refractivity contribution in [2.24, 2.45) is 5.10 Å². The van der Waals surface area contributed by atoms with Crippen molar-refractivity contribution in [3.05, 3.63) is 64.0 Å². The number of aromatic carboxylic acids is 1. The van der Waals surface area contributed by atoms with Gasteiger partial charge in [-0.25, -0.2) is 9.78 Å². The number of nitrogen functional groups attached to an aromatic ring is 1. The van der Waals surface area contributed by atoms with Crippen LogP contribution in [0.25, 0.3) is 11.1 Å². The second-order valence-electron chi connectivity index (χ2n) is 5.03. The van der Waals surface area contributed by atoms with Crippen LogP contribution >= 0.6 is 22.9 Å². The summed E-state index contributed by atoms with van der Waals surface area (Å²) < 4.78 is 0. The molecule has 0 spiro atoms. The molecule has 2 aromatic carbocycles. The van der Waals surface area contributed by atoms with E-state index in [1.165, 1.54) is 11.3 Å². The Morgan fingerprint density at radius 3 is 2.84 bits per heavy atom. The number of hydrogen-bond acceptors (Lipinski definition) is 6. The van der Waals surface area contributed by atoms with Gasteiger partial charge in [-0.3, -0.25) is 5.43 Å². The average Bonchev–Trinajstić information content (AvgIpc) is 3.01. The maximum Gasteiger partial charge on any atom is 0.337 e. The van der Waals surface area contributed by atoms with Gasteiger partial charge < -0.3 is 10.8 Å². The Morgan fingerprint density at radius 1 is 1.32 bits per heavy atom. The lowest BCUT2D eigenvalue weighted by molar-refractivity contribution is 0.0697. The van der Waals surface area contributed by atoms with E-state index in [1.54, 1.807) is 29.8 Å². The normalized spacial score (nSPS) is 10.9. The lowest BCUT2D eigenvalue weighted by atomic mass is 9.98. The number of nitrogens with one attached hydrogen (secondary N) is 1. The van der Waals surface area contributed by atoms with E-state index in [9.17, 15) is 9.90 Å². The van der Waals surface area contributed by atoms with E-state index in [2.05, 4.69) is 15.5 Å². The minimum absolute atomic E-state index is 0.0577. The summed E-state index contributed by atoms with van der Waals surface area (Å²) in [6, 6.07) is 12.4. The molecule has 0 aliphatic heterocycles. The van der Waals surface area contributed by atoms with Crippen LogP contribution in [0.3, 0.4) is 0 Å². The first-order chi connectivity index (χ1) is 12.0. The number of carbonyl (C=O) groups is 1. The number of nitrogens with two attached hydrogens (primary N) is 1. The molecule has 0 saturated carbocycles. The first kappa shape index (κ1) is 16.9. The lowest BCUT2D eigenvalue weighted by Gasteiger charge is -2.08. The number of halogens is 1. The number of aromatic nitrogens is 1. The fourth-order valence-corrected chi connectivity index (χ4v) is 2.97. The molecule has 25 heavy (non-hydrogen) atoms. The first-order valence-electron chi connectivity index (χ1n) is 7.17. The van der Waals surface area contributed by atoms with Crippen molar-refractivity contribution in [1.29, 1.82) is 0 Å². The number of hydrazone groups is 1. The molecule has 0 saturated heterocycles. The smallest absolute Gasteiger partial charge is 0.337 e. The van der Waals surface area contributed by atoms with E-state index in [0.29, 0.717) is 10.9 Å². The van der Waals surface area contributed by atoms with E-state index in [4.69, 9.17) is 17.3 Å². The highest BCUT2D eigenvalue weighted by atomic mass is 35.5. The van der Waals surface area contributed by atoms with Crippen LogP contribution in [-0.2, 0) is 0 Å². The van der Waals surface area contributed by atoms with Gasteiger partial charge in [-0.1, -0.05) is 41.9 Å². The van der Waals surface area contributed by atoms with Crippen molar-refractivity contribution in [3.63, 3.8) is 0 Å². The molecule has 3 rings (SSSR count). The number of rotatable bonds is 5. The highest BCUT2D eigenvalue weighted by Gasteiger charge is 2.11. The third-order valence-corrected chi connectivity index (χ3v) is 4.45. The molecule has 0 atom stereocenters.